The van der Waals surface area contributed by atoms with Crippen LogP contribution in [0.1, 0.15) is 21.5 Å². The molecule has 0 atom stereocenters. The first-order valence-electron chi connectivity index (χ1n) is 9.74. The molecule has 0 fully saturated rings. The summed E-state index contributed by atoms with van der Waals surface area (Å²) in [5.74, 6) is 0.657. The third-order valence-electron chi connectivity index (χ3n) is 4.79. The minimum atomic E-state index is -0.341. The van der Waals surface area contributed by atoms with E-state index in [9.17, 15) is 9.18 Å². The Morgan fingerprint density at radius 1 is 1.06 bits per heavy atom. The van der Waals surface area contributed by atoms with Crippen molar-refractivity contribution in [2.24, 2.45) is 0 Å². The molecule has 1 aromatic heterocycles. The van der Waals surface area contributed by atoms with Gasteiger partial charge >= 0.3 is 0 Å². The fourth-order valence-corrected chi connectivity index (χ4v) is 3.05. The zero-order chi connectivity index (χ0) is 21.8. The molecule has 1 N–H and O–H groups in total. The number of aromatic nitrogens is 3. The monoisotopic (exact) mass is 416 g/mol. The SMILES string of the molecule is COc1cccc(C(=O)n2nc(-c3ccc(C)cc3)nc2NCc2ccc(F)cc2)c1. The fraction of sp³-hybridized carbons (Fsp3) is 0.125. The van der Waals surface area contributed by atoms with Crippen LogP contribution in [0.3, 0.4) is 0 Å². The van der Waals surface area contributed by atoms with E-state index >= 15 is 0 Å². The molecule has 3 aromatic carbocycles. The van der Waals surface area contributed by atoms with Gasteiger partial charge < -0.3 is 10.1 Å². The van der Waals surface area contributed by atoms with E-state index in [1.54, 1.807) is 43.5 Å². The molecular weight excluding hydrogens is 395 g/mol. The standard InChI is InChI=1S/C24H21FN4O2/c1-16-6-10-18(11-7-16)22-27-24(26-15-17-8-12-20(25)13-9-17)29(28-22)23(30)19-4-3-5-21(14-19)31-2/h3-14H,15H2,1-2H3,(H,26,27,28). The van der Waals surface area contributed by atoms with Crippen molar-refractivity contribution >= 4 is 11.9 Å². The van der Waals surface area contributed by atoms with Gasteiger partial charge in [-0.1, -0.05) is 48.0 Å². The maximum absolute atomic E-state index is 13.2. The number of halogens is 1. The molecule has 4 rings (SSSR count). The minimum absolute atomic E-state index is 0.299. The highest BCUT2D eigenvalue weighted by molar-refractivity contribution is 5.97. The second kappa shape index (κ2) is 8.79. The molecule has 7 heteroatoms. The number of rotatable bonds is 6. The van der Waals surface area contributed by atoms with E-state index in [4.69, 9.17) is 4.74 Å². The van der Waals surface area contributed by atoms with Crippen molar-refractivity contribution in [3.63, 3.8) is 0 Å². The molecule has 0 unspecified atom stereocenters. The summed E-state index contributed by atoms with van der Waals surface area (Å²) in [5.41, 5.74) is 3.18. The first kappa shape index (κ1) is 20.3. The summed E-state index contributed by atoms with van der Waals surface area (Å²) in [7, 11) is 1.55. The van der Waals surface area contributed by atoms with Crippen LogP contribution in [0.4, 0.5) is 10.3 Å². The molecule has 4 aromatic rings. The van der Waals surface area contributed by atoms with Crippen molar-refractivity contribution in [2.45, 2.75) is 13.5 Å². The Bertz CT molecular complexity index is 1200. The number of anilines is 1. The molecule has 0 saturated heterocycles. The van der Waals surface area contributed by atoms with E-state index in [0.717, 1.165) is 16.7 Å². The normalized spacial score (nSPS) is 10.7. The topological polar surface area (TPSA) is 69.0 Å². The molecule has 0 aliphatic rings. The van der Waals surface area contributed by atoms with Gasteiger partial charge in [-0.05, 0) is 42.8 Å². The van der Waals surface area contributed by atoms with Crippen LogP contribution >= 0.6 is 0 Å². The van der Waals surface area contributed by atoms with Crippen molar-refractivity contribution < 1.29 is 13.9 Å². The highest BCUT2D eigenvalue weighted by atomic mass is 19.1. The number of methoxy groups -OCH3 is 1. The Morgan fingerprint density at radius 2 is 1.81 bits per heavy atom. The van der Waals surface area contributed by atoms with Crippen LogP contribution in [0.25, 0.3) is 11.4 Å². The summed E-state index contributed by atoms with van der Waals surface area (Å²) in [6.07, 6.45) is 0. The predicted octanol–water partition coefficient (Wildman–Crippen LogP) is 4.70. The van der Waals surface area contributed by atoms with Gasteiger partial charge in [0, 0.05) is 17.7 Å². The van der Waals surface area contributed by atoms with Crippen LogP contribution in [0.15, 0.2) is 72.8 Å². The van der Waals surface area contributed by atoms with Crippen LogP contribution in [-0.2, 0) is 6.54 Å². The fourth-order valence-electron chi connectivity index (χ4n) is 3.05. The van der Waals surface area contributed by atoms with Crippen molar-refractivity contribution in [2.75, 3.05) is 12.4 Å². The number of aryl methyl sites for hydroxylation is 1. The summed E-state index contributed by atoms with van der Waals surface area (Å²) in [4.78, 5) is 17.8. The molecule has 31 heavy (non-hydrogen) atoms. The highest BCUT2D eigenvalue weighted by Gasteiger charge is 2.19. The Hall–Kier alpha value is -4.00. The van der Waals surface area contributed by atoms with Crippen LogP contribution in [0.2, 0.25) is 0 Å². The lowest BCUT2D eigenvalue weighted by molar-refractivity contribution is 0.0947. The Morgan fingerprint density at radius 3 is 2.52 bits per heavy atom. The summed E-state index contributed by atoms with van der Waals surface area (Å²) in [6, 6.07) is 20.7. The van der Waals surface area contributed by atoms with Crippen LogP contribution in [-0.4, -0.2) is 27.8 Å². The number of nitrogens with zero attached hydrogens (tertiary/aromatic N) is 3. The average molecular weight is 416 g/mol. The molecule has 0 aliphatic carbocycles. The van der Waals surface area contributed by atoms with Crippen LogP contribution in [0, 0.1) is 12.7 Å². The van der Waals surface area contributed by atoms with Gasteiger partial charge in [-0.15, -0.1) is 5.10 Å². The molecule has 0 spiro atoms. The highest BCUT2D eigenvalue weighted by Crippen LogP contribution is 2.21. The third kappa shape index (κ3) is 4.61. The maximum atomic E-state index is 13.2. The first-order chi connectivity index (χ1) is 15.0. The van der Waals surface area contributed by atoms with E-state index < -0.39 is 0 Å². The number of nitrogens with one attached hydrogen (secondary N) is 1. The molecule has 1 heterocycles. The molecule has 0 aliphatic heterocycles. The van der Waals surface area contributed by atoms with Crippen LogP contribution < -0.4 is 10.1 Å². The lowest BCUT2D eigenvalue weighted by Gasteiger charge is -2.08. The molecule has 0 amide bonds. The van der Waals surface area contributed by atoms with Crippen molar-refractivity contribution in [3.8, 4) is 17.1 Å². The predicted molar refractivity (Wildman–Crippen MR) is 117 cm³/mol. The molecule has 0 saturated carbocycles. The zero-order valence-electron chi connectivity index (χ0n) is 17.2. The molecule has 156 valence electrons. The smallest absolute Gasteiger partial charge is 0.281 e. The van der Waals surface area contributed by atoms with Gasteiger partial charge in [0.2, 0.25) is 5.95 Å². The quantitative estimate of drug-likeness (QED) is 0.493. The number of benzene rings is 3. The second-order valence-electron chi connectivity index (χ2n) is 7.05. The van der Waals surface area contributed by atoms with Crippen molar-refractivity contribution in [3.05, 3.63) is 95.3 Å². The summed E-state index contributed by atoms with van der Waals surface area (Å²) >= 11 is 0. The number of hydrogen-bond donors (Lipinski definition) is 1. The molecule has 6 nitrogen and oxygen atoms in total. The van der Waals surface area contributed by atoms with E-state index in [2.05, 4.69) is 15.4 Å². The van der Waals surface area contributed by atoms with Crippen molar-refractivity contribution in [1.82, 2.24) is 14.8 Å². The van der Waals surface area contributed by atoms with E-state index in [-0.39, 0.29) is 11.7 Å². The van der Waals surface area contributed by atoms with Crippen molar-refractivity contribution in [1.29, 1.82) is 0 Å². The zero-order valence-corrected chi connectivity index (χ0v) is 17.2. The maximum Gasteiger partial charge on any atom is 0.281 e. The first-order valence-corrected chi connectivity index (χ1v) is 9.74. The van der Waals surface area contributed by atoms with Gasteiger partial charge in [-0.3, -0.25) is 4.79 Å². The lowest BCUT2D eigenvalue weighted by atomic mass is 10.1. The summed E-state index contributed by atoms with van der Waals surface area (Å²) in [5, 5.41) is 7.61. The van der Waals surface area contributed by atoms with Gasteiger partial charge in [-0.25, -0.2) is 4.39 Å². The number of carbonyl (C=O) groups is 1. The van der Waals surface area contributed by atoms with E-state index in [0.29, 0.717) is 29.6 Å². The summed E-state index contributed by atoms with van der Waals surface area (Å²) < 4.78 is 19.7. The summed E-state index contributed by atoms with van der Waals surface area (Å²) in [6.45, 7) is 2.36. The van der Waals surface area contributed by atoms with Gasteiger partial charge in [0.1, 0.15) is 11.6 Å². The van der Waals surface area contributed by atoms with Gasteiger partial charge in [0.25, 0.3) is 5.91 Å². The van der Waals surface area contributed by atoms with Gasteiger partial charge in [-0.2, -0.15) is 9.67 Å². The molecule has 0 bridgehead atoms. The Kier molecular flexibility index (Phi) is 5.75. The number of ether oxygens (including phenoxy) is 1. The van der Waals surface area contributed by atoms with Crippen LogP contribution in [0.5, 0.6) is 5.75 Å². The second-order valence-corrected chi connectivity index (χ2v) is 7.05. The molecular formula is C24H21FN4O2. The Labute approximate surface area is 179 Å². The van der Waals surface area contributed by atoms with E-state index in [1.165, 1.54) is 16.8 Å². The molecule has 0 radical (unpaired) electrons. The number of hydrogen-bond acceptors (Lipinski definition) is 5. The van der Waals surface area contributed by atoms with Gasteiger partial charge in [0.05, 0.1) is 7.11 Å². The number of carbonyl (C=O) groups excluding carboxylic acids is 1. The third-order valence-corrected chi connectivity index (χ3v) is 4.79. The Balaban J connectivity index is 1.69. The lowest BCUT2D eigenvalue weighted by Crippen LogP contribution is -2.17. The average Bonchev–Trinajstić information content (AvgIpc) is 3.23. The van der Waals surface area contributed by atoms with E-state index in [1.807, 2.05) is 31.2 Å². The largest absolute Gasteiger partial charge is 0.497 e. The van der Waals surface area contributed by atoms with Gasteiger partial charge in [0.15, 0.2) is 5.82 Å². The minimum Gasteiger partial charge on any atom is -0.497 e.